The van der Waals surface area contributed by atoms with Crippen LogP contribution in [0, 0.1) is 5.92 Å². The van der Waals surface area contributed by atoms with Crippen LogP contribution in [0.3, 0.4) is 0 Å². The topological polar surface area (TPSA) is 17.1 Å². The molecule has 1 rings (SSSR count). The van der Waals surface area contributed by atoms with Crippen LogP contribution >= 0.6 is 0 Å². The first-order valence-electron chi connectivity index (χ1n) is 3.33. The smallest absolute Gasteiger partial charge is 0.135 e. The minimum absolute atomic E-state index is 0.365. The highest BCUT2D eigenvalue weighted by Crippen LogP contribution is 2.18. The SMILES string of the molecule is C[C@H]1CCCCC1=O. The summed E-state index contributed by atoms with van der Waals surface area (Å²) in [6.07, 6.45) is 4.34. The summed E-state index contributed by atoms with van der Waals surface area (Å²) >= 11 is 0. The number of rotatable bonds is 0. The van der Waals surface area contributed by atoms with Crippen molar-refractivity contribution in [3.8, 4) is 0 Å². The molecule has 0 saturated heterocycles. The molecule has 0 unspecified atom stereocenters. The second-order valence-electron chi connectivity index (χ2n) is 2.61. The predicted octanol–water partition coefficient (Wildman–Crippen LogP) is 1.77. The fraction of sp³-hybridized carbons (Fsp3) is 0.857. The van der Waals surface area contributed by atoms with Crippen molar-refractivity contribution in [2.24, 2.45) is 5.92 Å². The minimum Gasteiger partial charge on any atom is -0.299 e. The van der Waals surface area contributed by atoms with E-state index in [-0.39, 0.29) is 0 Å². The molecular weight excluding hydrogens is 100 g/mol. The first-order valence-corrected chi connectivity index (χ1v) is 3.33. The molecule has 0 aromatic rings. The van der Waals surface area contributed by atoms with Gasteiger partial charge in [-0.2, -0.15) is 0 Å². The first kappa shape index (κ1) is 5.80. The highest BCUT2D eigenvalue weighted by molar-refractivity contribution is 5.81. The monoisotopic (exact) mass is 112 g/mol. The Balaban J connectivity index is 2.39. The van der Waals surface area contributed by atoms with Gasteiger partial charge < -0.3 is 0 Å². The van der Waals surface area contributed by atoms with Crippen molar-refractivity contribution in [2.75, 3.05) is 0 Å². The molecule has 1 fully saturated rings. The Morgan fingerprint density at radius 1 is 1.50 bits per heavy atom. The maximum atomic E-state index is 10.8. The molecule has 0 radical (unpaired) electrons. The van der Waals surface area contributed by atoms with Crippen LogP contribution in [-0.2, 0) is 4.79 Å². The molecule has 1 heteroatoms. The van der Waals surface area contributed by atoms with Crippen molar-refractivity contribution in [3.63, 3.8) is 0 Å². The molecule has 1 saturated carbocycles. The van der Waals surface area contributed by atoms with Gasteiger partial charge in [-0.15, -0.1) is 0 Å². The predicted molar refractivity (Wildman–Crippen MR) is 32.6 cm³/mol. The van der Waals surface area contributed by atoms with Crippen LogP contribution in [0.4, 0.5) is 0 Å². The lowest BCUT2D eigenvalue weighted by molar-refractivity contribution is -0.123. The van der Waals surface area contributed by atoms with E-state index in [2.05, 4.69) is 0 Å². The van der Waals surface area contributed by atoms with Gasteiger partial charge in [-0.25, -0.2) is 0 Å². The molecule has 0 bridgehead atoms. The lowest BCUT2D eigenvalue weighted by Gasteiger charge is -2.14. The van der Waals surface area contributed by atoms with Gasteiger partial charge in [0.2, 0.25) is 0 Å². The molecule has 0 N–H and O–H groups in total. The third-order valence-electron chi connectivity index (χ3n) is 1.86. The quantitative estimate of drug-likeness (QED) is 0.466. The summed E-state index contributed by atoms with van der Waals surface area (Å²) in [5.41, 5.74) is 0. The fourth-order valence-corrected chi connectivity index (χ4v) is 1.16. The molecule has 1 nitrogen and oxygen atoms in total. The molecule has 8 heavy (non-hydrogen) atoms. The lowest BCUT2D eigenvalue weighted by Crippen LogP contribution is -2.14. The third-order valence-corrected chi connectivity index (χ3v) is 1.86. The zero-order valence-corrected chi connectivity index (χ0v) is 5.31. The van der Waals surface area contributed by atoms with Crippen molar-refractivity contribution in [1.29, 1.82) is 0 Å². The molecule has 0 aliphatic heterocycles. The van der Waals surface area contributed by atoms with E-state index in [0.717, 1.165) is 19.3 Å². The molecule has 0 heterocycles. The van der Waals surface area contributed by atoms with Crippen molar-refractivity contribution in [3.05, 3.63) is 0 Å². The zero-order valence-electron chi connectivity index (χ0n) is 5.31. The largest absolute Gasteiger partial charge is 0.299 e. The Kier molecular flexibility index (Phi) is 1.66. The van der Waals surface area contributed by atoms with Crippen molar-refractivity contribution >= 4 is 5.78 Å². The Hall–Kier alpha value is -0.330. The summed E-state index contributed by atoms with van der Waals surface area (Å²) in [4.78, 5) is 10.8. The summed E-state index contributed by atoms with van der Waals surface area (Å²) in [6, 6.07) is 0. The Morgan fingerprint density at radius 2 is 2.25 bits per heavy atom. The number of hydrogen-bond donors (Lipinski definition) is 0. The fourth-order valence-electron chi connectivity index (χ4n) is 1.16. The van der Waals surface area contributed by atoms with Crippen molar-refractivity contribution in [2.45, 2.75) is 32.6 Å². The molecule has 0 aromatic carbocycles. The van der Waals surface area contributed by atoms with Gasteiger partial charge in [0, 0.05) is 12.3 Å². The van der Waals surface area contributed by atoms with E-state index in [0.29, 0.717) is 11.7 Å². The number of ketones is 1. The molecular formula is C7H12O. The second-order valence-corrected chi connectivity index (χ2v) is 2.61. The highest BCUT2D eigenvalue weighted by Gasteiger charge is 2.16. The van der Waals surface area contributed by atoms with Gasteiger partial charge in [-0.05, 0) is 12.8 Å². The summed E-state index contributed by atoms with van der Waals surface area (Å²) < 4.78 is 0. The maximum Gasteiger partial charge on any atom is 0.135 e. The van der Waals surface area contributed by atoms with Gasteiger partial charge in [-0.1, -0.05) is 13.3 Å². The second kappa shape index (κ2) is 2.29. The molecule has 1 aliphatic rings. The summed E-state index contributed by atoms with van der Waals surface area (Å²) in [7, 11) is 0. The van der Waals surface area contributed by atoms with Crippen LogP contribution in [0.1, 0.15) is 32.6 Å². The van der Waals surface area contributed by atoms with Crippen LogP contribution in [0.5, 0.6) is 0 Å². The molecule has 0 aromatic heterocycles. The average molecular weight is 112 g/mol. The summed E-state index contributed by atoms with van der Waals surface area (Å²) in [6.45, 7) is 2.03. The lowest BCUT2D eigenvalue weighted by atomic mass is 9.90. The third kappa shape index (κ3) is 1.09. The van der Waals surface area contributed by atoms with Gasteiger partial charge in [-0.3, -0.25) is 4.79 Å². The van der Waals surface area contributed by atoms with Crippen LogP contribution in [0.15, 0.2) is 0 Å². The van der Waals surface area contributed by atoms with Crippen LogP contribution in [-0.4, -0.2) is 5.78 Å². The number of hydrogen-bond acceptors (Lipinski definition) is 1. The Morgan fingerprint density at radius 3 is 2.62 bits per heavy atom. The Labute approximate surface area is 50.1 Å². The van der Waals surface area contributed by atoms with Crippen LogP contribution in [0.25, 0.3) is 0 Å². The summed E-state index contributed by atoms with van der Waals surface area (Å²) in [5, 5.41) is 0. The molecule has 46 valence electrons. The number of carbonyl (C=O) groups excluding carboxylic acids is 1. The summed E-state index contributed by atoms with van der Waals surface area (Å²) in [5.74, 6) is 0.833. The standard InChI is InChI=1S/C7H12O/c1-6-4-2-3-5-7(6)8/h6H,2-5H2,1H3/t6-/m0/s1. The molecule has 0 amide bonds. The van der Waals surface area contributed by atoms with Gasteiger partial charge in [0.15, 0.2) is 0 Å². The Bertz CT molecular complexity index is 96.6. The van der Waals surface area contributed by atoms with E-state index in [1.54, 1.807) is 0 Å². The normalized spacial score (nSPS) is 30.6. The van der Waals surface area contributed by atoms with Gasteiger partial charge in [0.25, 0.3) is 0 Å². The highest BCUT2D eigenvalue weighted by atomic mass is 16.1. The van der Waals surface area contributed by atoms with Crippen molar-refractivity contribution < 1.29 is 4.79 Å². The van der Waals surface area contributed by atoms with E-state index in [1.807, 2.05) is 6.92 Å². The molecule has 0 spiro atoms. The van der Waals surface area contributed by atoms with E-state index in [1.165, 1.54) is 6.42 Å². The number of carbonyl (C=O) groups is 1. The van der Waals surface area contributed by atoms with E-state index < -0.39 is 0 Å². The minimum atomic E-state index is 0.365. The molecule has 1 aliphatic carbocycles. The molecule has 1 atom stereocenters. The van der Waals surface area contributed by atoms with Gasteiger partial charge in [0.1, 0.15) is 5.78 Å². The average Bonchev–Trinajstić information content (AvgIpc) is 1.77. The van der Waals surface area contributed by atoms with E-state index >= 15 is 0 Å². The first-order chi connectivity index (χ1) is 3.80. The van der Waals surface area contributed by atoms with E-state index in [9.17, 15) is 4.79 Å². The van der Waals surface area contributed by atoms with E-state index in [4.69, 9.17) is 0 Å². The van der Waals surface area contributed by atoms with Gasteiger partial charge in [0.05, 0.1) is 0 Å². The van der Waals surface area contributed by atoms with Gasteiger partial charge >= 0.3 is 0 Å². The van der Waals surface area contributed by atoms with Crippen LogP contribution < -0.4 is 0 Å². The van der Waals surface area contributed by atoms with Crippen LogP contribution in [0.2, 0.25) is 0 Å². The zero-order chi connectivity index (χ0) is 5.98. The number of Topliss-reactive ketones (excluding diaryl/α,β-unsaturated/α-hetero) is 1. The maximum absolute atomic E-state index is 10.8. The van der Waals surface area contributed by atoms with Crippen molar-refractivity contribution in [1.82, 2.24) is 0 Å².